The van der Waals surface area contributed by atoms with E-state index in [9.17, 15) is 0 Å². The Balaban J connectivity index is 1.75. The smallest absolute Gasteiger partial charge is 0.161 e. The molecule has 0 bridgehead atoms. The van der Waals surface area contributed by atoms with Crippen molar-refractivity contribution in [3.63, 3.8) is 0 Å². The van der Waals surface area contributed by atoms with Crippen LogP contribution < -0.4 is 9.47 Å². The van der Waals surface area contributed by atoms with Gasteiger partial charge in [0.05, 0.1) is 20.3 Å². The first kappa shape index (κ1) is 14.7. The van der Waals surface area contributed by atoms with Gasteiger partial charge < -0.3 is 14.2 Å². The van der Waals surface area contributed by atoms with Crippen molar-refractivity contribution in [2.45, 2.75) is 13.0 Å². The van der Waals surface area contributed by atoms with Crippen LogP contribution in [0.1, 0.15) is 17.5 Å². The van der Waals surface area contributed by atoms with Crippen molar-refractivity contribution in [3.05, 3.63) is 65.7 Å². The molecule has 0 atom stereocenters. The van der Waals surface area contributed by atoms with Gasteiger partial charge in [-0.05, 0) is 35.3 Å². The molecule has 0 aromatic heterocycles. The van der Waals surface area contributed by atoms with Crippen molar-refractivity contribution in [2.75, 3.05) is 20.3 Å². The molecular weight excluding hydrogens is 276 g/mol. The molecule has 3 heteroatoms. The maximum Gasteiger partial charge on any atom is 0.161 e. The van der Waals surface area contributed by atoms with Crippen LogP contribution in [0.5, 0.6) is 11.5 Å². The van der Waals surface area contributed by atoms with Gasteiger partial charge in [0.2, 0.25) is 0 Å². The van der Waals surface area contributed by atoms with Gasteiger partial charge in [0.1, 0.15) is 6.61 Å². The Morgan fingerprint density at radius 2 is 1.91 bits per heavy atom. The Labute approximate surface area is 131 Å². The largest absolute Gasteiger partial charge is 0.493 e. The highest BCUT2D eigenvalue weighted by Gasteiger charge is 2.11. The lowest BCUT2D eigenvalue weighted by Gasteiger charge is -2.16. The molecule has 0 spiro atoms. The van der Waals surface area contributed by atoms with Crippen molar-refractivity contribution in [1.82, 2.24) is 0 Å². The fourth-order valence-corrected chi connectivity index (χ4v) is 2.51. The summed E-state index contributed by atoms with van der Waals surface area (Å²) in [5, 5.41) is 0. The molecule has 1 heterocycles. The normalized spacial score (nSPS) is 14.3. The van der Waals surface area contributed by atoms with E-state index in [1.54, 1.807) is 7.11 Å². The first-order valence-electron chi connectivity index (χ1n) is 7.49. The molecule has 22 heavy (non-hydrogen) atoms. The highest BCUT2D eigenvalue weighted by atomic mass is 16.5. The van der Waals surface area contributed by atoms with E-state index in [1.807, 2.05) is 42.5 Å². The molecule has 0 radical (unpaired) electrons. The summed E-state index contributed by atoms with van der Waals surface area (Å²) in [7, 11) is 1.67. The summed E-state index contributed by atoms with van der Waals surface area (Å²) in [6.07, 6.45) is 3.07. The third kappa shape index (κ3) is 3.49. The van der Waals surface area contributed by atoms with Crippen LogP contribution in [0.15, 0.2) is 54.6 Å². The van der Waals surface area contributed by atoms with E-state index in [2.05, 4.69) is 12.1 Å². The van der Waals surface area contributed by atoms with E-state index < -0.39 is 0 Å². The summed E-state index contributed by atoms with van der Waals surface area (Å²) < 4.78 is 16.7. The molecule has 0 fully saturated rings. The van der Waals surface area contributed by atoms with Crippen molar-refractivity contribution >= 4 is 5.57 Å². The van der Waals surface area contributed by atoms with Crippen LogP contribution in [-0.2, 0) is 11.3 Å². The molecule has 3 rings (SSSR count). The average Bonchev–Trinajstić information content (AvgIpc) is 2.61. The van der Waals surface area contributed by atoms with Gasteiger partial charge in [0.15, 0.2) is 11.5 Å². The third-order valence-corrected chi connectivity index (χ3v) is 3.73. The van der Waals surface area contributed by atoms with Crippen LogP contribution in [0.2, 0.25) is 0 Å². The van der Waals surface area contributed by atoms with E-state index in [0.29, 0.717) is 13.2 Å². The minimum absolute atomic E-state index is 0.535. The Kier molecular flexibility index (Phi) is 4.76. The molecule has 0 unspecified atom stereocenters. The number of hydrogen-bond donors (Lipinski definition) is 0. The molecule has 1 aliphatic heterocycles. The average molecular weight is 296 g/mol. The second kappa shape index (κ2) is 7.14. The predicted octanol–water partition coefficient (Wildman–Crippen LogP) is 4.08. The number of rotatable bonds is 5. The second-order valence-electron chi connectivity index (χ2n) is 5.19. The lowest BCUT2D eigenvalue weighted by atomic mass is 10.0. The van der Waals surface area contributed by atoms with Crippen molar-refractivity contribution in [3.8, 4) is 11.5 Å². The van der Waals surface area contributed by atoms with Crippen molar-refractivity contribution < 1.29 is 14.2 Å². The summed E-state index contributed by atoms with van der Waals surface area (Å²) in [5.74, 6) is 1.53. The number of benzene rings is 2. The Morgan fingerprint density at radius 3 is 2.64 bits per heavy atom. The zero-order valence-corrected chi connectivity index (χ0v) is 12.7. The van der Waals surface area contributed by atoms with E-state index in [1.165, 1.54) is 11.1 Å². The highest BCUT2D eigenvalue weighted by Crippen LogP contribution is 2.32. The van der Waals surface area contributed by atoms with Gasteiger partial charge in [-0.15, -0.1) is 0 Å². The zero-order chi connectivity index (χ0) is 15.2. The van der Waals surface area contributed by atoms with E-state index >= 15 is 0 Å². The van der Waals surface area contributed by atoms with E-state index in [0.717, 1.165) is 30.1 Å². The predicted molar refractivity (Wildman–Crippen MR) is 87.2 cm³/mol. The lowest BCUT2D eigenvalue weighted by molar-refractivity contribution is 0.161. The topological polar surface area (TPSA) is 27.7 Å². The summed E-state index contributed by atoms with van der Waals surface area (Å²) in [6, 6.07) is 16.2. The lowest BCUT2D eigenvalue weighted by Crippen LogP contribution is -2.04. The summed E-state index contributed by atoms with van der Waals surface area (Å²) in [5.41, 5.74) is 3.62. The van der Waals surface area contributed by atoms with Gasteiger partial charge in [-0.3, -0.25) is 0 Å². The van der Waals surface area contributed by atoms with Gasteiger partial charge in [-0.2, -0.15) is 0 Å². The van der Waals surface area contributed by atoms with Crippen LogP contribution in [0.25, 0.3) is 5.57 Å². The van der Waals surface area contributed by atoms with Crippen molar-refractivity contribution in [1.29, 1.82) is 0 Å². The Bertz CT molecular complexity index is 647. The molecule has 1 aliphatic rings. The van der Waals surface area contributed by atoms with E-state index in [4.69, 9.17) is 14.2 Å². The molecular formula is C19H20O3. The molecule has 2 aromatic carbocycles. The Hall–Kier alpha value is -2.26. The Morgan fingerprint density at radius 1 is 1.05 bits per heavy atom. The van der Waals surface area contributed by atoms with Crippen LogP contribution in [0.3, 0.4) is 0 Å². The first-order valence-corrected chi connectivity index (χ1v) is 7.49. The van der Waals surface area contributed by atoms with Gasteiger partial charge in [0.25, 0.3) is 0 Å². The fourth-order valence-electron chi connectivity index (χ4n) is 2.51. The molecule has 0 N–H and O–H groups in total. The molecule has 3 nitrogen and oxygen atoms in total. The number of methoxy groups -OCH3 is 1. The quantitative estimate of drug-likeness (QED) is 0.832. The fraction of sp³-hybridized carbons (Fsp3) is 0.263. The molecule has 0 aliphatic carbocycles. The van der Waals surface area contributed by atoms with Crippen molar-refractivity contribution in [2.24, 2.45) is 0 Å². The standard InChI is InChI=1S/C19H20O3/c1-20-19-13-17(16-9-11-21-12-10-16)7-8-18(19)22-14-15-5-3-2-4-6-15/h2-9,13H,10-12,14H2,1H3. The molecule has 0 saturated heterocycles. The maximum atomic E-state index is 5.89. The maximum absolute atomic E-state index is 5.89. The minimum Gasteiger partial charge on any atom is -0.493 e. The van der Waals surface area contributed by atoms with Crippen LogP contribution in [0, 0.1) is 0 Å². The van der Waals surface area contributed by atoms with Gasteiger partial charge in [-0.25, -0.2) is 0 Å². The van der Waals surface area contributed by atoms with Gasteiger partial charge in [-0.1, -0.05) is 42.5 Å². The molecule has 0 saturated carbocycles. The third-order valence-electron chi connectivity index (χ3n) is 3.73. The zero-order valence-electron chi connectivity index (χ0n) is 12.7. The summed E-state index contributed by atoms with van der Waals surface area (Å²) in [4.78, 5) is 0. The number of hydrogen-bond acceptors (Lipinski definition) is 3. The molecule has 114 valence electrons. The van der Waals surface area contributed by atoms with Crippen LogP contribution in [-0.4, -0.2) is 20.3 Å². The summed E-state index contributed by atoms with van der Waals surface area (Å²) >= 11 is 0. The van der Waals surface area contributed by atoms with Crippen LogP contribution in [0.4, 0.5) is 0 Å². The highest BCUT2D eigenvalue weighted by molar-refractivity contribution is 5.68. The summed E-state index contributed by atoms with van der Waals surface area (Å²) in [6.45, 7) is 2.00. The minimum atomic E-state index is 0.535. The van der Waals surface area contributed by atoms with Gasteiger partial charge >= 0.3 is 0 Å². The second-order valence-corrected chi connectivity index (χ2v) is 5.19. The van der Waals surface area contributed by atoms with Crippen LogP contribution >= 0.6 is 0 Å². The van der Waals surface area contributed by atoms with Gasteiger partial charge in [0, 0.05) is 0 Å². The SMILES string of the molecule is COc1cc(C2=CCOCC2)ccc1OCc1ccccc1. The van der Waals surface area contributed by atoms with E-state index in [-0.39, 0.29) is 0 Å². The molecule has 2 aromatic rings. The first-order chi connectivity index (χ1) is 10.9. The monoisotopic (exact) mass is 296 g/mol. The molecule has 0 amide bonds. The number of ether oxygens (including phenoxy) is 3.